The summed E-state index contributed by atoms with van der Waals surface area (Å²) in [5.41, 5.74) is -0.0115. The average molecular weight is 277 g/mol. The van der Waals surface area contributed by atoms with E-state index in [2.05, 4.69) is 20.3 Å². The van der Waals surface area contributed by atoms with Gasteiger partial charge >= 0.3 is 5.69 Å². The first kappa shape index (κ1) is 13.8. The number of halogens is 1. The minimum atomic E-state index is -0.585. The fraction of sp³-hybridized carbons (Fsp3) is 0.250. The molecule has 0 unspecified atom stereocenters. The van der Waals surface area contributed by atoms with Crippen LogP contribution in [-0.2, 0) is 0 Å². The highest BCUT2D eigenvalue weighted by atomic mass is 19.1. The molecule has 0 radical (unpaired) electrons. The van der Waals surface area contributed by atoms with E-state index in [-0.39, 0.29) is 22.8 Å². The van der Waals surface area contributed by atoms with E-state index < -0.39 is 10.7 Å². The predicted molar refractivity (Wildman–Crippen MR) is 70.7 cm³/mol. The molecule has 0 saturated heterocycles. The molecule has 0 aliphatic heterocycles. The van der Waals surface area contributed by atoms with Crippen LogP contribution < -0.4 is 5.32 Å². The fourth-order valence-electron chi connectivity index (χ4n) is 1.68. The van der Waals surface area contributed by atoms with E-state index in [0.717, 1.165) is 18.7 Å². The third-order valence-electron chi connectivity index (χ3n) is 2.53. The predicted octanol–water partition coefficient (Wildman–Crippen LogP) is 2.41. The van der Waals surface area contributed by atoms with Crippen molar-refractivity contribution in [3.8, 4) is 11.3 Å². The Morgan fingerprint density at radius 2 is 2.20 bits per heavy atom. The molecule has 0 spiro atoms. The smallest absolute Gasteiger partial charge is 0.337 e. The lowest BCUT2D eigenvalue weighted by atomic mass is 10.1. The molecule has 7 nitrogen and oxygen atoms in total. The lowest BCUT2D eigenvalue weighted by Gasteiger charge is -2.07. The molecule has 0 amide bonds. The minimum absolute atomic E-state index is 0.0376. The summed E-state index contributed by atoms with van der Waals surface area (Å²) in [4.78, 5) is 22.1. The van der Waals surface area contributed by atoms with E-state index in [1.807, 2.05) is 6.92 Å². The van der Waals surface area contributed by atoms with Gasteiger partial charge < -0.3 is 5.32 Å². The zero-order valence-electron chi connectivity index (χ0n) is 10.7. The summed E-state index contributed by atoms with van der Waals surface area (Å²) in [6, 6.07) is 1.14. The van der Waals surface area contributed by atoms with Crippen molar-refractivity contribution in [2.75, 3.05) is 11.9 Å². The number of anilines is 1. The van der Waals surface area contributed by atoms with Gasteiger partial charge in [0.15, 0.2) is 5.69 Å². The highest BCUT2D eigenvalue weighted by Crippen LogP contribution is 2.32. The van der Waals surface area contributed by atoms with Gasteiger partial charge in [-0.05, 0) is 12.5 Å². The number of aromatic nitrogens is 3. The molecule has 104 valence electrons. The normalized spacial score (nSPS) is 10.3. The molecular weight excluding hydrogens is 265 g/mol. The topological polar surface area (TPSA) is 93.8 Å². The summed E-state index contributed by atoms with van der Waals surface area (Å²) in [5.74, 6) is -0.468. The van der Waals surface area contributed by atoms with Crippen LogP contribution in [0.4, 0.5) is 15.9 Å². The largest absolute Gasteiger partial charge is 0.364 e. The van der Waals surface area contributed by atoms with Crippen LogP contribution in [-0.4, -0.2) is 26.4 Å². The lowest BCUT2D eigenvalue weighted by Crippen LogP contribution is -2.07. The fourth-order valence-corrected chi connectivity index (χ4v) is 1.68. The highest BCUT2D eigenvalue weighted by molar-refractivity contribution is 5.76. The van der Waals surface area contributed by atoms with Crippen molar-refractivity contribution < 1.29 is 9.31 Å². The van der Waals surface area contributed by atoms with E-state index in [1.54, 1.807) is 0 Å². The second-order valence-corrected chi connectivity index (χ2v) is 4.00. The molecule has 0 bridgehead atoms. The van der Waals surface area contributed by atoms with Crippen molar-refractivity contribution in [2.24, 2.45) is 0 Å². The van der Waals surface area contributed by atoms with Gasteiger partial charge in [0, 0.05) is 18.3 Å². The van der Waals surface area contributed by atoms with Gasteiger partial charge in [-0.25, -0.2) is 14.4 Å². The summed E-state index contributed by atoms with van der Waals surface area (Å²) < 4.78 is 13.2. The third kappa shape index (κ3) is 2.85. The van der Waals surface area contributed by atoms with Crippen molar-refractivity contribution >= 4 is 11.5 Å². The van der Waals surface area contributed by atoms with Crippen LogP contribution in [0.1, 0.15) is 13.3 Å². The number of nitrogens with one attached hydrogen (secondary N) is 1. The Morgan fingerprint density at radius 1 is 1.40 bits per heavy atom. The van der Waals surface area contributed by atoms with E-state index >= 15 is 0 Å². The van der Waals surface area contributed by atoms with Crippen molar-refractivity contribution in [3.05, 3.63) is 40.7 Å². The Hall–Kier alpha value is -2.64. The molecule has 20 heavy (non-hydrogen) atoms. The van der Waals surface area contributed by atoms with Crippen molar-refractivity contribution in [3.63, 3.8) is 0 Å². The number of pyridine rings is 1. The zero-order valence-corrected chi connectivity index (χ0v) is 10.7. The van der Waals surface area contributed by atoms with Crippen LogP contribution in [0.5, 0.6) is 0 Å². The Bertz CT molecular complexity index is 635. The van der Waals surface area contributed by atoms with Gasteiger partial charge in [0.25, 0.3) is 0 Å². The van der Waals surface area contributed by atoms with Gasteiger partial charge in [-0.2, -0.15) is 0 Å². The number of rotatable bonds is 5. The maximum Gasteiger partial charge on any atom is 0.337 e. The number of hydrogen-bond acceptors (Lipinski definition) is 6. The molecule has 0 aromatic carbocycles. The summed E-state index contributed by atoms with van der Waals surface area (Å²) in [6.45, 7) is 2.47. The monoisotopic (exact) mass is 277 g/mol. The Labute approximate surface area is 114 Å². The maximum atomic E-state index is 13.2. The van der Waals surface area contributed by atoms with Crippen LogP contribution in [0, 0.1) is 15.9 Å². The SMILES string of the molecule is CCCNc1ncnc(-c2cncc(F)c2)c1[N+](=O)[O-]. The van der Waals surface area contributed by atoms with E-state index in [1.165, 1.54) is 12.5 Å². The van der Waals surface area contributed by atoms with Crippen LogP contribution in [0.25, 0.3) is 11.3 Å². The Kier molecular flexibility index (Phi) is 4.14. The van der Waals surface area contributed by atoms with Crippen LogP contribution in [0.2, 0.25) is 0 Å². The zero-order chi connectivity index (χ0) is 14.5. The number of hydrogen-bond donors (Lipinski definition) is 1. The maximum absolute atomic E-state index is 13.2. The van der Waals surface area contributed by atoms with Gasteiger partial charge in [0.2, 0.25) is 5.82 Å². The minimum Gasteiger partial charge on any atom is -0.364 e. The molecule has 2 heterocycles. The first-order valence-electron chi connectivity index (χ1n) is 5.97. The Morgan fingerprint density at radius 3 is 2.85 bits per heavy atom. The van der Waals surface area contributed by atoms with Gasteiger partial charge in [-0.3, -0.25) is 15.1 Å². The highest BCUT2D eigenvalue weighted by Gasteiger charge is 2.24. The van der Waals surface area contributed by atoms with E-state index in [9.17, 15) is 14.5 Å². The summed E-state index contributed by atoms with van der Waals surface area (Å²) in [5, 5.41) is 14.1. The van der Waals surface area contributed by atoms with E-state index in [4.69, 9.17) is 0 Å². The summed E-state index contributed by atoms with van der Waals surface area (Å²) >= 11 is 0. The van der Waals surface area contributed by atoms with Crippen molar-refractivity contribution in [1.29, 1.82) is 0 Å². The molecular formula is C12H12FN5O2. The lowest BCUT2D eigenvalue weighted by molar-refractivity contribution is -0.383. The molecule has 0 saturated carbocycles. The van der Waals surface area contributed by atoms with Crippen LogP contribution in [0.3, 0.4) is 0 Å². The van der Waals surface area contributed by atoms with Crippen LogP contribution >= 0.6 is 0 Å². The number of nitro groups is 1. The molecule has 0 aliphatic carbocycles. The van der Waals surface area contributed by atoms with Gasteiger partial charge in [0.05, 0.1) is 11.1 Å². The second kappa shape index (κ2) is 6.00. The molecule has 0 fully saturated rings. The Balaban J connectivity index is 2.55. The van der Waals surface area contributed by atoms with Gasteiger partial charge in [0.1, 0.15) is 12.1 Å². The van der Waals surface area contributed by atoms with Gasteiger partial charge in [-0.15, -0.1) is 0 Å². The molecule has 0 aliphatic rings. The van der Waals surface area contributed by atoms with Crippen molar-refractivity contribution in [1.82, 2.24) is 15.0 Å². The van der Waals surface area contributed by atoms with Crippen LogP contribution in [0.15, 0.2) is 24.8 Å². The molecule has 2 rings (SSSR count). The molecule has 0 atom stereocenters. The first-order chi connectivity index (χ1) is 9.63. The second-order valence-electron chi connectivity index (χ2n) is 4.00. The number of nitrogens with zero attached hydrogens (tertiary/aromatic N) is 4. The molecule has 1 N–H and O–H groups in total. The average Bonchev–Trinajstić information content (AvgIpc) is 2.44. The molecule has 2 aromatic heterocycles. The molecule has 2 aromatic rings. The summed E-state index contributed by atoms with van der Waals surface area (Å²) in [7, 11) is 0. The van der Waals surface area contributed by atoms with E-state index in [0.29, 0.717) is 6.54 Å². The standard InChI is InChI=1S/C12H12FN5O2/c1-2-3-15-12-11(18(19)20)10(16-7-17-12)8-4-9(13)6-14-5-8/h4-7H,2-3H2,1H3,(H,15,16,17). The third-order valence-corrected chi connectivity index (χ3v) is 2.53. The first-order valence-corrected chi connectivity index (χ1v) is 5.97. The quantitative estimate of drug-likeness (QED) is 0.666. The van der Waals surface area contributed by atoms with Gasteiger partial charge in [-0.1, -0.05) is 6.92 Å². The summed E-state index contributed by atoms with van der Waals surface area (Å²) in [6.07, 6.45) is 4.33. The molecule has 8 heteroatoms. The van der Waals surface area contributed by atoms with Crippen molar-refractivity contribution in [2.45, 2.75) is 13.3 Å².